The lowest BCUT2D eigenvalue weighted by molar-refractivity contribution is -0.159. The number of hydrogen-bond acceptors (Lipinski definition) is 7. The van der Waals surface area contributed by atoms with E-state index in [4.69, 9.17) is 14.2 Å². The van der Waals surface area contributed by atoms with Gasteiger partial charge in [0.1, 0.15) is 25.4 Å². The summed E-state index contributed by atoms with van der Waals surface area (Å²) in [4.78, 5) is 54.0. The van der Waals surface area contributed by atoms with Crippen molar-refractivity contribution >= 4 is 23.8 Å². The summed E-state index contributed by atoms with van der Waals surface area (Å²) in [7, 11) is 0. The van der Waals surface area contributed by atoms with E-state index in [2.05, 4.69) is 81.6 Å². The Morgan fingerprint density at radius 1 is 0.250 bits per heavy atom. The monoisotopic (exact) mass is 1180 g/mol. The van der Waals surface area contributed by atoms with Crippen LogP contribution in [0.1, 0.15) is 387 Å². The van der Waals surface area contributed by atoms with Crippen molar-refractivity contribution in [3.05, 3.63) is 48.6 Å². The molecule has 0 spiro atoms. The van der Waals surface area contributed by atoms with Gasteiger partial charge in [0, 0.05) is 25.7 Å². The molecule has 84 heavy (non-hydrogen) atoms. The van der Waals surface area contributed by atoms with Crippen LogP contribution < -0.4 is 5.32 Å². The SMILES string of the molecule is CCCCCCCC/C=C\CCCCCCCC(=O)NC(COC(=O)CCCCCCC/C=C\CCCCCCCC)(COC(=O)CCCCCCC/C=C\CCCCCCCC)COC(=O)CCCCCCC/C=C\CCCCCCCC. The van der Waals surface area contributed by atoms with Crippen molar-refractivity contribution in [1.29, 1.82) is 0 Å². The second kappa shape index (κ2) is 67.3. The number of rotatable bonds is 67. The number of ether oxygens (including phenoxy) is 3. The summed E-state index contributed by atoms with van der Waals surface area (Å²) in [5.74, 6) is -1.30. The first kappa shape index (κ1) is 80.8. The average molecular weight is 1180 g/mol. The highest BCUT2D eigenvalue weighted by atomic mass is 16.6. The first-order valence-corrected chi connectivity index (χ1v) is 36.7. The van der Waals surface area contributed by atoms with E-state index in [1.165, 1.54) is 180 Å². The van der Waals surface area contributed by atoms with Crippen molar-refractivity contribution in [1.82, 2.24) is 5.32 Å². The fourth-order valence-electron chi connectivity index (χ4n) is 10.8. The van der Waals surface area contributed by atoms with Gasteiger partial charge in [-0.25, -0.2) is 0 Å². The van der Waals surface area contributed by atoms with E-state index in [9.17, 15) is 19.2 Å². The van der Waals surface area contributed by atoms with Gasteiger partial charge in [0.2, 0.25) is 5.91 Å². The standard InChI is InChI=1S/C76H139NO7/c1-5-9-13-17-21-25-29-33-37-41-45-49-53-57-61-65-72(78)77-76(69-82-73(79)66-62-58-54-50-46-42-38-34-30-26-22-18-14-10-6-2,70-83-74(80)67-63-59-55-51-47-43-39-35-31-27-23-19-15-11-7-3)71-84-75(81)68-64-60-56-52-48-44-40-36-32-28-24-20-16-12-8-4/h33-40H,5-32,41-71H2,1-4H3,(H,77,78)/b37-33-,38-34-,39-35-,40-36-. The normalized spacial score (nSPS) is 12.0. The molecule has 8 heteroatoms. The van der Waals surface area contributed by atoms with Crippen LogP contribution in [0, 0.1) is 0 Å². The van der Waals surface area contributed by atoms with Crippen LogP contribution in [0.5, 0.6) is 0 Å². The van der Waals surface area contributed by atoms with Gasteiger partial charge in [0.05, 0.1) is 0 Å². The van der Waals surface area contributed by atoms with Crippen molar-refractivity contribution in [2.24, 2.45) is 0 Å². The summed E-state index contributed by atoms with van der Waals surface area (Å²) in [6.45, 7) is 8.33. The second-order valence-electron chi connectivity index (χ2n) is 25.1. The molecule has 0 saturated carbocycles. The Bertz CT molecular complexity index is 1410. The molecule has 0 bridgehead atoms. The molecule has 0 aromatic heterocycles. The molecule has 0 fully saturated rings. The Kier molecular flexibility index (Phi) is 64.8. The minimum absolute atomic E-state index is 0.220. The number of esters is 3. The smallest absolute Gasteiger partial charge is 0.305 e. The predicted molar refractivity (Wildman–Crippen MR) is 362 cm³/mol. The van der Waals surface area contributed by atoms with Crippen molar-refractivity contribution < 1.29 is 33.4 Å². The lowest BCUT2D eigenvalue weighted by atomic mass is 10.0. The van der Waals surface area contributed by atoms with Crippen molar-refractivity contribution in [3.8, 4) is 0 Å². The van der Waals surface area contributed by atoms with Gasteiger partial charge < -0.3 is 19.5 Å². The van der Waals surface area contributed by atoms with Crippen LogP contribution in [0.3, 0.4) is 0 Å². The predicted octanol–water partition coefficient (Wildman–Crippen LogP) is 23.6. The van der Waals surface area contributed by atoms with Gasteiger partial charge in [0.15, 0.2) is 0 Å². The quantitative estimate of drug-likeness (QED) is 0.0280. The lowest BCUT2D eigenvalue weighted by Gasteiger charge is -2.33. The number of nitrogens with one attached hydrogen (secondary N) is 1. The highest BCUT2D eigenvalue weighted by Gasteiger charge is 2.37. The maximum Gasteiger partial charge on any atom is 0.305 e. The average Bonchev–Trinajstić information content (AvgIpc) is 3.66. The molecule has 0 unspecified atom stereocenters. The molecule has 0 rings (SSSR count). The molecule has 490 valence electrons. The van der Waals surface area contributed by atoms with Crippen LogP contribution in [0.4, 0.5) is 0 Å². The fraction of sp³-hybridized carbons (Fsp3) is 0.842. The highest BCUT2D eigenvalue weighted by Crippen LogP contribution is 2.19. The number of amides is 1. The molecule has 0 heterocycles. The summed E-state index contributed by atoms with van der Waals surface area (Å²) >= 11 is 0. The third kappa shape index (κ3) is 61.9. The summed E-state index contributed by atoms with van der Waals surface area (Å²) in [6.07, 6.45) is 80.8. The largest absolute Gasteiger partial charge is 0.463 e. The van der Waals surface area contributed by atoms with E-state index in [0.717, 1.165) is 154 Å². The minimum Gasteiger partial charge on any atom is -0.463 e. The molecule has 0 aliphatic carbocycles. The van der Waals surface area contributed by atoms with Gasteiger partial charge >= 0.3 is 17.9 Å². The van der Waals surface area contributed by atoms with Crippen LogP contribution in [-0.2, 0) is 33.4 Å². The first-order valence-electron chi connectivity index (χ1n) is 36.7. The Morgan fingerprint density at radius 2 is 0.429 bits per heavy atom. The molecule has 0 aromatic rings. The Balaban J connectivity index is 5.52. The number of unbranched alkanes of at least 4 members (excludes halogenated alkanes) is 44. The Hall–Kier alpha value is -3.16. The number of carbonyl (C=O) groups excluding carboxylic acids is 4. The van der Waals surface area contributed by atoms with Crippen molar-refractivity contribution in [2.75, 3.05) is 19.8 Å². The fourth-order valence-corrected chi connectivity index (χ4v) is 10.8. The van der Waals surface area contributed by atoms with E-state index in [-0.39, 0.29) is 69.3 Å². The van der Waals surface area contributed by atoms with Gasteiger partial charge in [-0.05, 0) is 128 Å². The zero-order valence-corrected chi connectivity index (χ0v) is 56.2. The zero-order chi connectivity index (χ0) is 61.0. The van der Waals surface area contributed by atoms with Gasteiger partial charge in [-0.15, -0.1) is 0 Å². The zero-order valence-electron chi connectivity index (χ0n) is 56.2. The van der Waals surface area contributed by atoms with Gasteiger partial charge in [0.25, 0.3) is 0 Å². The summed E-state index contributed by atoms with van der Waals surface area (Å²) in [6, 6.07) is 0. The van der Waals surface area contributed by atoms with Crippen LogP contribution in [0.2, 0.25) is 0 Å². The Labute approximate surface area is 521 Å². The van der Waals surface area contributed by atoms with Crippen LogP contribution in [0.25, 0.3) is 0 Å². The molecule has 0 atom stereocenters. The summed E-state index contributed by atoms with van der Waals surface area (Å²) < 4.78 is 17.8. The molecular formula is C76H139NO7. The van der Waals surface area contributed by atoms with Gasteiger partial charge in [-0.2, -0.15) is 0 Å². The van der Waals surface area contributed by atoms with E-state index >= 15 is 0 Å². The van der Waals surface area contributed by atoms with Crippen LogP contribution >= 0.6 is 0 Å². The third-order valence-electron chi connectivity index (χ3n) is 16.5. The number of allylic oxidation sites excluding steroid dienone is 8. The third-order valence-corrected chi connectivity index (χ3v) is 16.5. The molecule has 0 saturated heterocycles. The molecule has 0 aromatic carbocycles. The van der Waals surface area contributed by atoms with Gasteiger partial charge in [-0.3, -0.25) is 19.2 Å². The molecule has 0 aliphatic rings. The van der Waals surface area contributed by atoms with E-state index in [0.29, 0.717) is 0 Å². The molecular weight excluding hydrogens is 1040 g/mol. The first-order chi connectivity index (χ1) is 41.3. The topological polar surface area (TPSA) is 108 Å². The van der Waals surface area contributed by atoms with E-state index in [1.54, 1.807) is 0 Å². The van der Waals surface area contributed by atoms with Gasteiger partial charge in [-0.1, -0.05) is 282 Å². The van der Waals surface area contributed by atoms with Crippen LogP contribution in [0.15, 0.2) is 48.6 Å². The van der Waals surface area contributed by atoms with Crippen LogP contribution in [-0.4, -0.2) is 49.2 Å². The van der Waals surface area contributed by atoms with Crippen molar-refractivity contribution in [3.63, 3.8) is 0 Å². The number of carbonyl (C=O) groups is 4. The van der Waals surface area contributed by atoms with E-state index in [1.807, 2.05) is 0 Å². The molecule has 8 nitrogen and oxygen atoms in total. The molecule has 1 amide bonds. The Morgan fingerprint density at radius 3 is 0.643 bits per heavy atom. The highest BCUT2D eigenvalue weighted by molar-refractivity contribution is 5.77. The molecule has 0 aliphatic heterocycles. The summed E-state index contributed by atoms with van der Waals surface area (Å²) in [5.41, 5.74) is -1.40. The number of hydrogen-bond donors (Lipinski definition) is 1. The molecule has 1 N–H and O–H groups in total. The minimum atomic E-state index is -1.40. The van der Waals surface area contributed by atoms with Crippen molar-refractivity contribution in [2.45, 2.75) is 393 Å². The molecule has 0 radical (unpaired) electrons. The second-order valence-corrected chi connectivity index (χ2v) is 25.1. The maximum atomic E-state index is 13.9. The maximum absolute atomic E-state index is 13.9. The van der Waals surface area contributed by atoms with E-state index < -0.39 is 5.54 Å². The summed E-state index contributed by atoms with van der Waals surface area (Å²) in [5, 5.41) is 3.12. The lowest BCUT2D eigenvalue weighted by Crippen LogP contribution is -2.59.